The molecule has 128 valence electrons. The van der Waals surface area contributed by atoms with E-state index in [0.717, 1.165) is 47.1 Å². The fourth-order valence-electron chi connectivity index (χ4n) is 3.51. The summed E-state index contributed by atoms with van der Waals surface area (Å²) in [4.78, 5) is 18.0. The number of fused-ring (bicyclic) bond motifs is 1. The zero-order valence-corrected chi connectivity index (χ0v) is 15.1. The monoisotopic (exact) mass is 353 g/mol. The van der Waals surface area contributed by atoms with Crippen molar-refractivity contribution in [3.63, 3.8) is 0 Å². The number of halogens is 1. The minimum absolute atomic E-state index is 0.302. The highest BCUT2D eigenvalue weighted by atomic mass is 35.5. The Morgan fingerprint density at radius 1 is 1.16 bits per heavy atom. The molecule has 4 rings (SSSR count). The number of benzene rings is 1. The molecule has 1 atom stereocenters. The van der Waals surface area contributed by atoms with Crippen molar-refractivity contribution in [1.29, 1.82) is 0 Å². The van der Waals surface area contributed by atoms with Gasteiger partial charge in [-0.1, -0.05) is 23.7 Å². The lowest BCUT2D eigenvalue weighted by Crippen LogP contribution is -2.23. The second kappa shape index (κ2) is 6.48. The summed E-state index contributed by atoms with van der Waals surface area (Å²) in [7, 11) is 3.95. The lowest BCUT2D eigenvalue weighted by atomic mass is 10.0. The molecule has 0 N–H and O–H groups in total. The van der Waals surface area contributed by atoms with Crippen molar-refractivity contribution < 1.29 is 0 Å². The van der Waals surface area contributed by atoms with Crippen LogP contribution in [0.1, 0.15) is 24.4 Å². The van der Waals surface area contributed by atoms with Gasteiger partial charge in [-0.2, -0.15) is 0 Å². The van der Waals surface area contributed by atoms with Crippen molar-refractivity contribution in [3.05, 3.63) is 53.3 Å². The van der Waals surface area contributed by atoms with Crippen molar-refractivity contribution in [1.82, 2.24) is 15.0 Å². The van der Waals surface area contributed by atoms with Crippen LogP contribution in [-0.4, -0.2) is 35.6 Å². The number of hydrogen-bond acceptors (Lipinski definition) is 5. The van der Waals surface area contributed by atoms with Gasteiger partial charge in [0.15, 0.2) is 5.82 Å². The summed E-state index contributed by atoms with van der Waals surface area (Å²) in [5, 5.41) is 0.777. The van der Waals surface area contributed by atoms with Crippen LogP contribution in [-0.2, 0) is 0 Å². The first-order chi connectivity index (χ1) is 12.1. The van der Waals surface area contributed by atoms with Crippen LogP contribution in [0.2, 0.25) is 5.02 Å². The molecule has 0 bridgehead atoms. The summed E-state index contributed by atoms with van der Waals surface area (Å²) in [6.07, 6.45) is 3.83. The Balaban J connectivity index is 1.76. The largest absolute Gasteiger partial charge is 0.361 e. The number of anilines is 2. The maximum absolute atomic E-state index is 6.19. The van der Waals surface area contributed by atoms with E-state index in [2.05, 4.69) is 33.1 Å². The molecule has 0 saturated carbocycles. The number of nitrogens with zero attached hydrogens (tertiary/aromatic N) is 5. The molecule has 2 aromatic heterocycles. The summed E-state index contributed by atoms with van der Waals surface area (Å²) < 4.78 is 0. The van der Waals surface area contributed by atoms with Gasteiger partial charge < -0.3 is 9.80 Å². The molecule has 3 heterocycles. The quantitative estimate of drug-likeness (QED) is 0.709. The molecule has 1 saturated heterocycles. The van der Waals surface area contributed by atoms with Gasteiger partial charge in [0.05, 0.1) is 11.6 Å². The third-order valence-corrected chi connectivity index (χ3v) is 4.89. The fraction of sp³-hybridized carbons (Fsp3) is 0.316. The summed E-state index contributed by atoms with van der Waals surface area (Å²) in [5.41, 5.74) is 2.94. The van der Waals surface area contributed by atoms with Gasteiger partial charge in [0, 0.05) is 25.7 Å². The van der Waals surface area contributed by atoms with Crippen LogP contribution in [0.3, 0.4) is 0 Å². The topological polar surface area (TPSA) is 45.2 Å². The SMILES string of the molecule is CN(C)c1ncnc2ccc(N3CCCC3c3cccc(Cl)c3)nc12. The van der Waals surface area contributed by atoms with E-state index in [1.165, 1.54) is 5.56 Å². The highest BCUT2D eigenvalue weighted by Crippen LogP contribution is 2.36. The Labute approximate surface area is 152 Å². The smallest absolute Gasteiger partial charge is 0.158 e. The summed E-state index contributed by atoms with van der Waals surface area (Å²) in [6.45, 7) is 0.987. The number of aromatic nitrogens is 3. The molecule has 6 heteroatoms. The number of pyridine rings is 1. The molecule has 1 aliphatic rings. The van der Waals surface area contributed by atoms with E-state index >= 15 is 0 Å². The molecular weight excluding hydrogens is 334 g/mol. The summed E-state index contributed by atoms with van der Waals surface area (Å²) in [5.74, 6) is 1.80. The number of rotatable bonds is 3. The molecule has 0 spiro atoms. The Hall–Kier alpha value is -2.40. The van der Waals surface area contributed by atoms with Gasteiger partial charge in [-0.05, 0) is 42.7 Å². The second-order valence-corrected chi connectivity index (χ2v) is 6.97. The van der Waals surface area contributed by atoms with Crippen LogP contribution in [0.15, 0.2) is 42.7 Å². The predicted octanol–water partition coefficient (Wildman–Crippen LogP) is 4.09. The van der Waals surface area contributed by atoms with Gasteiger partial charge in [-0.25, -0.2) is 15.0 Å². The van der Waals surface area contributed by atoms with Crippen molar-refractivity contribution in [3.8, 4) is 0 Å². The fourth-order valence-corrected chi connectivity index (χ4v) is 3.70. The first kappa shape index (κ1) is 16.1. The average Bonchev–Trinajstić information content (AvgIpc) is 3.10. The summed E-state index contributed by atoms with van der Waals surface area (Å²) >= 11 is 6.19. The van der Waals surface area contributed by atoms with E-state index in [0.29, 0.717) is 6.04 Å². The van der Waals surface area contributed by atoms with Crippen LogP contribution in [0.5, 0.6) is 0 Å². The summed E-state index contributed by atoms with van der Waals surface area (Å²) in [6, 6.07) is 12.5. The van der Waals surface area contributed by atoms with E-state index in [4.69, 9.17) is 16.6 Å². The molecule has 0 radical (unpaired) electrons. The Morgan fingerprint density at radius 3 is 2.84 bits per heavy atom. The van der Waals surface area contributed by atoms with E-state index in [1.807, 2.05) is 37.2 Å². The van der Waals surface area contributed by atoms with Crippen LogP contribution in [0.25, 0.3) is 11.0 Å². The van der Waals surface area contributed by atoms with E-state index in [9.17, 15) is 0 Å². The zero-order valence-electron chi connectivity index (χ0n) is 14.4. The molecule has 1 fully saturated rings. The van der Waals surface area contributed by atoms with E-state index in [-0.39, 0.29) is 0 Å². The van der Waals surface area contributed by atoms with E-state index in [1.54, 1.807) is 6.33 Å². The molecule has 0 aliphatic carbocycles. The van der Waals surface area contributed by atoms with Crippen LogP contribution in [0, 0.1) is 0 Å². The molecule has 25 heavy (non-hydrogen) atoms. The Kier molecular flexibility index (Phi) is 4.17. The maximum atomic E-state index is 6.19. The van der Waals surface area contributed by atoms with Crippen LogP contribution >= 0.6 is 11.6 Å². The van der Waals surface area contributed by atoms with Gasteiger partial charge in [0.25, 0.3) is 0 Å². The highest BCUT2D eigenvalue weighted by Gasteiger charge is 2.27. The van der Waals surface area contributed by atoms with Gasteiger partial charge in [-0.15, -0.1) is 0 Å². The van der Waals surface area contributed by atoms with Crippen molar-refractivity contribution in [2.75, 3.05) is 30.4 Å². The average molecular weight is 354 g/mol. The molecule has 1 unspecified atom stereocenters. The second-order valence-electron chi connectivity index (χ2n) is 6.54. The Bertz CT molecular complexity index is 911. The maximum Gasteiger partial charge on any atom is 0.158 e. The van der Waals surface area contributed by atoms with Gasteiger partial charge in [-0.3, -0.25) is 0 Å². The molecule has 5 nitrogen and oxygen atoms in total. The van der Waals surface area contributed by atoms with Crippen LogP contribution in [0.4, 0.5) is 11.6 Å². The third kappa shape index (κ3) is 3.00. The predicted molar refractivity (Wildman–Crippen MR) is 102 cm³/mol. The third-order valence-electron chi connectivity index (χ3n) is 4.65. The molecule has 1 aromatic carbocycles. The van der Waals surface area contributed by atoms with Crippen molar-refractivity contribution in [2.24, 2.45) is 0 Å². The molecule has 0 amide bonds. The lowest BCUT2D eigenvalue weighted by molar-refractivity contribution is 0.713. The lowest BCUT2D eigenvalue weighted by Gasteiger charge is -2.26. The Morgan fingerprint density at radius 2 is 2.04 bits per heavy atom. The van der Waals surface area contributed by atoms with Crippen molar-refractivity contribution in [2.45, 2.75) is 18.9 Å². The van der Waals surface area contributed by atoms with Crippen molar-refractivity contribution >= 4 is 34.3 Å². The van der Waals surface area contributed by atoms with Gasteiger partial charge in [0.2, 0.25) is 0 Å². The minimum atomic E-state index is 0.302. The van der Waals surface area contributed by atoms with E-state index < -0.39 is 0 Å². The first-order valence-electron chi connectivity index (χ1n) is 8.44. The normalized spacial score (nSPS) is 17.2. The van der Waals surface area contributed by atoms with Gasteiger partial charge in [0.1, 0.15) is 17.7 Å². The highest BCUT2D eigenvalue weighted by molar-refractivity contribution is 6.30. The molecular formula is C19H20ClN5. The first-order valence-corrected chi connectivity index (χ1v) is 8.82. The standard InChI is InChI=1S/C19H20ClN5/c1-24(2)19-18-15(21-12-22-19)8-9-17(23-18)25-10-4-7-16(25)13-5-3-6-14(20)11-13/h3,5-6,8-9,11-12,16H,4,7,10H2,1-2H3. The van der Waals surface area contributed by atoms with Gasteiger partial charge >= 0.3 is 0 Å². The zero-order chi connectivity index (χ0) is 17.4. The van der Waals surface area contributed by atoms with Crippen LogP contribution < -0.4 is 9.80 Å². The molecule has 1 aliphatic heterocycles. The molecule has 3 aromatic rings. The minimum Gasteiger partial charge on any atom is -0.361 e. The number of hydrogen-bond donors (Lipinski definition) is 0.